The van der Waals surface area contributed by atoms with Crippen LogP contribution in [-0.4, -0.2) is 46.1 Å². The molecule has 1 aromatic rings. The van der Waals surface area contributed by atoms with Crippen LogP contribution in [-0.2, 0) is 6.54 Å². The van der Waals surface area contributed by atoms with Gasteiger partial charge in [-0.25, -0.2) is 4.98 Å². The molecule has 1 aromatic heterocycles. The van der Waals surface area contributed by atoms with E-state index >= 15 is 0 Å². The maximum Gasteiger partial charge on any atom is 0.0945 e. The first-order valence-electron chi connectivity index (χ1n) is 6.08. The van der Waals surface area contributed by atoms with Crippen LogP contribution in [0.15, 0.2) is 18.7 Å². The molecule has 0 fully saturated rings. The third-order valence-electron chi connectivity index (χ3n) is 2.89. The Bertz CT molecular complexity index is 284. The monoisotopic (exact) mass is 241 g/mol. The lowest BCUT2D eigenvalue weighted by atomic mass is 9.93. The lowest BCUT2D eigenvalue weighted by molar-refractivity contribution is 0.0698. The molecular formula is C12H23N3O2. The smallest absolute Gasteiger partial charge is 0.0945 e. The lowest BCUT2D eigenvalue weighted by Gasteiger charge is -2.24. The average Bonchev–Trinajstić information content (AvgIpc) is 2.86. The molecule has 0 aliphatic carbocycles. The first kappa shape index (κ1) is 14.2. The number of aliphatic hydroxyl groups excluding tert-OH is 2. The highest BCUT2D eigenvalue weighted by molar-refractivity contribution is 4.75. The topological polar surface area (TPSA) is 70.3 Å². The second-order valence-corrected chi connectivity index (χ2v) is 4.81. The van der Waals surface area contributed by atoms with Gasteiger partial charge in [0.2, 0.25) is 0 Å². The van der Waals surface area contributed by atoms with Gasteiger partial charge in [-0.05, 0) is 19.4 Å². The zero-order valence-corrected chi connectivity index (χ0v) is 10.5. The molecule has 0 aliphatic heterocycles. The van der Waals surface area contributed by atoms with E-state index in [1.165, 1.54) is 0 Å². The van der Waals surface area contributed by atoms with Crippen molar-refractivity contribution in [2.24, 2.45) is 5.41 Å². The van der Waals surface area contributed by atoms with Gasteiger partial charge in [-0.15, -0.1) is 0 Å². The van der Waals surface area contributed by atoms with E-state index in [0.29, 0.717) is 6.54 Å². The molecule has 17 heavy (non-hydrogen) atoms. The molecule has 98 valence electrons. The Morgan fingerprint density at radius 3 is 2.65 bits per heavy atom. The zero-order valence-electron chi connectivity index (χ0n) is 10.5. The number of aryl methyl sites for hydroxylation is 1. The molecule has 0 aromatic carbocycles. The van der Waals surface area contributed by atoms with E-state index in [-0.39, 0.29) is 13.2 Å². The Morgan fingerprint density at radius 1 is 1.29 bits per heavy atom. The number of aliphatic hydroxyl groups is 2. The predicted octanol–water partition coefficient (Wildman–Crippen LogP) is 0.244. The minimum absolute atomic E-state index is 0.00549. The number of nitrogens with one attached hydrogen (secondary N) is 1. The summed E-state index contributed by atoms with van der Waals surface area (Å²) in [5.74, 6) is 0. The van der Waals surface area contributed by atoms with Gasteiger partial charge in [-0.1, -0.05) is 6.92 Å². The number of imidazole rings is 1. The summed E-state index contributed by atoms with van der Waals surface area (Å²) in [6.45, 7) is 4.41. The van der Waals surface area contributed by atoms with Crippen molar-refractivity contribution in [3.63, 3.8) is 0 Å². The van der Waals surface area contributed by atoms with Gasteiger partial charge in [-0.3, -0.25) is 0 Å². The van der Waals surface area contributed by atoms with Crippen molar-refractivity contribution in [3.05, 3.63) is 18.7 Å². The van der Waals surface area contributed by atoms with Gasteiger partial charge in [0, 0.05) is 30.9 Å². The van der Waals surface area contributed by atoms with Crippen LogP contribution in [0.25, 0.3) is 0 Å². The largest absolute Gasteiger partial charge is 0.396 e. The van der Waals surface area contributed by atoms with Crippen molar-refractivity contribution in [1.29, 1.82) is 0 Å². The standard InChI is InChI=1S/C12H23N3O2/c1-12(9-16,10-17)8-13-4-2-3-6-15-7-5-14-11-15/h5,7,11,13,16-17H,2-4,6,8-10H2,1H3. The Kier molecular flexibility index (Phi) is 6.18. The molecule has 0 bridgehead atoms. The highest BCUT2D eigenvalue weighted by Gasteiger charge is 2.21. The fourth-order valence-corrected chi connectivity index (χ4v) is 1.52. The molecule has 0 amide bonds. The summed E-state index contributed by atoms with van der Waals surface area (Å²) in [7, 11) is 0. The Morgan fingerprint density at radius 2 is 2.06 bits per heavy atom. The molecule has 0 radical (unpaired) electrons. The quantitative estimate of drug-likeness (QED) is 0.542. The van der Waals surface area contributed by atoms with Gasteiger partial charge in [0.05, 0.1) is 19.5 Å². The zero-order chi connectivity index (χ0) is 12.6. The molecular weight excluding hydrogens is 218 g/mol. The van der Waals surface area contributed by atoms with Crippen molar-refractivity contribution < 1.29 is 10.2 Å². The Hall–Kier alpha value is -0.910. The van der Waals surface area contributed by atoms with Crippen LogP contribution < -0.4 is 5.32 Å². The summed E-state index contributed by atoms with van der Waals surface area (Å²) in [6, 6.07) is 0. The van der Waals surface area contributed by atoms with Crippen molar-refractivity contribution in [2.75, 3.05) is 26.3 Å². The van der Waals surface area contributed by atoms with Gasteiger partial charge in [0.15, 0.2) is 0 Å². The lowest BCUT2D eigenvalue weighted by Crippen LogP contribution is -2.38. The summed E-state index contributed by atoms with van der Waals surface area (Å²) >= 11 is 0. The highest BCUT2D eigenvalue weighted by Crippen LogP contribution is 2.11. The molecule has 5 heteroatoms. The molecule has 1 rings (SSSR count). The van der Waals surface area contributed by atoms with E-state index in [1.807, 2.05) is 19.4 Å². The van der Waals surface area contributed by atoms with Crippen LogP contribution in [0, 0.1) is 5.41 Å². The van der Waals surface area contributed by atoms with E-state index in [4.69, 9.17) is 10.2 Å². The van der Waals surface area contributed by atoms with Crippen molar-refractivity contribution in [1.82, 2.24) is 14.9 Å². The van der Waals surface area contributed by atoms with Crippen LogP contribution in [0.3, 0.4) is 0 Å². The number of hydrogen-bond acceptors (Lipinski definition) is 4. The molecule has 0 saturated carbocycles. The SMILES string of the molecule is CC(CO)(CO)CNCCCCn1ccnc1. The average molecular weight is 241 g/mol. The maximum atomic E-state index is 9.10. The summed E-state index contributed by atoms with van der Waals surface area (Å²) in [4.78, 5) is 3.98. The van der Waals surface area contributed by atoms with Crippen molar-refractivity contribution in [3.8, 4) is 0 Å². The van der Waals surface area contributed by atoms with Crippen LogP contribution in [0.5, 0.6) is 0 Å². The number of hydrogen-bond donors (Lipinski definition) is 3. The van der Waals surface area contributed by atoms with Crippen molar-refractivity contribution >= 4 is 0 Å². The summed E-state index contributed by atoms with van der Waals surface area (Å²) in [6.07, 6.45) is 7.74. The van der Waals surface area contributed by atoms with Crippen LogP contribution in [0.1, 0.15) is 19.8 Å². The first-order chi connectivity index (χ1) is 8.20. The normalized spacial score (nSPS) is 11.9. The summed E-state index contributed by atoms with van der Waals surface area (Å²) < 4.78 is 2.06. The van der Waals surface area contributed by atoms with E-state index in [0.717, 1.165) is 25.9 Å². The maximum absolute atomic E-state index is 9.10. The molecule has 0 atom stereocenters. The number of nitrogens with zero attached hydrogens (tertiary/aromatic N) is 2. The minimum atomic E-state index is -0.412. The second kappa shape index (κ2) is 7.42. The first-order valence-corrected chi connectivity index (χ1v) is 6.08. The summed E-state index contributed by atoms with van der Waals surface area (Å²) in [5, 5.41) is 21.5. The Balaban J connectivity index is 2.01. The molecule has 0 spiro atoms. The molecule has 0 aliphatic rings. The molecule has 1 heterocycles. The van der Waals surface area contributed by atoms with E-state index in [9.17, 15) is 0 Å². The number of aromatic nitrogens is 2. The third kappa shape index (κ3) is 5.30. The van der Waals surface area contributed by atoms with Gasteiger partial charge in [0.1, 0.15) is 0 Å². The van der Waals surface area contributed by atoms with E-state index < -0.39 is 5.41 Å². The van der Waals surface area contributed by atoms with Gasteiger partial charge < -0.3 is 20.1 Å². The number of unbranched alkanes of at least 4 members (excludes halogenated alkanes) is 1. The van der Waals surface area contributed by atoms with Gasteiger partial charge in [0.25, 0.3) is 0 Å². The Labute approximate surface area is 102 Å². The van der Waals surface area contributed by atoms with Crippen LogP contribution in [0.4, 0.5) is 0 Å². The van der Waals surface area contributed by atoms with E-state index in [1.54, 1.807) is 6.20 Å². The second-order valence-electron chi connectivity index (χ2n) is 4.81. The molecule has 5 nitrogen and oxygen atoms in total. The molecule has 0 saturated heterocycles. The fourth-order valence-electron chi connectivity index (χ4n) is 1.52. The van der Waals surface area contributed by atoms with Gasteiger partial charge in [-0.2, -0.15) is 0 Å². The summed E-state index contributed by atoms with van der Waals surface area (Å²) in [5.41, 5.74) is -0.412. The minimum Gasteiger partial charge on any atom is -0.396 e. The van der Waals surface area contributed by atoms with Gasteiger partial charge >= 0.3 is 0 Å². The van der Waals surface area contributed by atoms with E-state index in [2.05, 4.69) is 14.9 Å². The van der Waals surface area contributed by atoms with Crippen LogP contribution >= 0.6 is 0 Å². The van der Waals surface area contributed by atoms with Crippen LogP contribution in [0.2, 0.25) is 0 Å². The van der Waals surface area contributed by atoms with Crippen molar-refractivity contribution in [2.45, 2.75) is 26.3 Å². The fraction of sp³-hybridized carbons (Fsp3) is 0.750. The molecule has 0 unspecified atom stereocenters. The third-order valence-corrected chi connectivity index (χ3v) is 2.89. The number of rotatable bonds is 9. The predicted molar refractivity (Wildman–Crippen MR) is 66.6 cm³/mol. The highest BCUT2D eigenvalue weighted by atomic mass is 16.3. The molecule has 3 N–H and O–H groups in total.